The number of para-hydroxylation sites is 1. The van der Waals surface area contributed by atoms with Gasteiger partial charge in [0.15, 0.2) is 5.71 Å². The third-order valence-electron chi connectivity index (χ3n) is 4.51. The van der Waals surface area contributed by atoms with E-state index in [1.54, 1.807) is 48.5 Å². The molecule has 0 saturated heterocycles. The quantitative estimate of drug-likeness (QED) is 0.187. The van der Waals surface area contributed by atoms with Crippen molar-refractivity contribution in [3.8, 4) is 5.75 Å². The highest BCUT2D eigenvalue weighted by Gasteiger charge is 2.39. The van der Waals surface area contributed by atoms with E-state index < -0.39 is 18.0 Å². The van der Waals surface area contributed by atoms with Gasteiger partial charge in [-0.05, 0) is 17.7 Å². The number of oxime groups is 1. The molecule has 0 radical (unpaired) electrons. The zero-order valence-corrected chi connectivity index (χ0v) is 19.6. The SMILES string of the molecule is CO/N=C(/C(=O)OC)c1ccccc1CSc1nnc(C(F)(F)F)n1/N=C/c1ccccc1OC. The highest BCUT2D eigenvalue weighted by Crippen LogP contribution is 2.32. The first-order chi connectivity index (χ1) is 16.8. The van der Waals surface area contributed by atoms with Gasteiger partial charge in [0.05, 0.1) is 20.4 Å². The van der Waals surface area contributed by atoms with Gasteiger partial charge in [-0.15, -0.1) is 10.2 Å². The number of nitrogens with zero attached hydrogens (tertiary/aromatic N) is 5. The number of esters is 1. The first-order valence-electron chi connectivity index (χ1n) is 9.90. The molecular formula is C22H20F3N5O4S. The van der Waals surface area contributed by atoms with Gasteiger partial charge in [-0.25, -0.2) is 4.79 Å². The van der Waals surface area contributed by atoms with Crippen molar-refractivity contribution in [2.24, 2.45) is 10.3 Å². The van der Waals surface area contributed by atoms with Gasteiger partial charge in [0, 0.05) is 16.9 Å². The molecule has 1 heterocycles. The van der Waals surface area contributed by atoms with Gasteiger partial charge in [-0.1, -0.05) is 53.3 Å². The lowest BCUT2D eigenvalue weighted by molar-refractivity contribution is -0.147. The fourth-order valence-corrected chi connectivity index (χ4v) is 3.82. The van der Waals surface area contributed by atoms with E-state index in [2.05, 4.69) is 20.5 Å². The van der Waals surface area contributed by atoms with Gasteiger partial charge in [0.25, 0.3) is 5.82 Å². The van der Waals surface area contributed by atoms with Crippen LogP contribution in [-0.4, -0.2) is 54.1 Å². The van der Waals surface area contributed by atoms with Crippen LogP contribution in [0.4, 0.5) is 13.2 Å². The van der Waals surface area contributed by atoms with Crippen LogP contribution >= 0.6 is 11.8 Å². The van der Waals surface area contributed by atoms with Gasteiger partial charge < -0.3 is 14.3 Å². The molecular weight excluding hydrogens is 487 g/mol. The molecule has 35 heavy (non-hydrogen) atoms. The molecule has 0 aliphatic heterocycles. The molecule has 0 unspecified atom stereocenters. The van der Waals surface area contributed by atoms with Gasteiger partial charge in [0.1, 0.15) is 12.9 Å². The summed E-state index contributed by atoms with van der Waals surface area (Å²) in [6.07, 6.45) is -3.55. The van der Waals surface area contributed by atoms with Crippen LogP contribution in [0.2, 0.25) is 0 Å². The maximum atomic E-state index is 13.6. The van der Waals surface area contributed by atoms with Crippen LogP contribution in [-0.2, 0) is 26.3 Å². The Morgan fingerprint density at radius 1 is 1.09 bits per heavy atom. The summed E-state index contributed by atoms with van der Waals surface area (Å²) in [5, 5.41) is 14.6. The number of ether oxygens (including phenoxy) is 2. The second-order valence-corrected chi connectivity index (χ2v) is 7.60. The van der Waals surface area contributed by atoms with Crippen LogP contribution in [0.1, 0.15) is 22.5 Å². The molecule has 0 fully saturated rings. The Morgan fingerprint density at radius 2 is 1.80 bits per heavy atom. The van der Waals surface area contributed by atoms with Crippen molar-refractivity contribution in [1.82, 2.24) is 14.9 Å². The third kappa shape index (κ3) is 6.18. The zero-order chi connectivity index (χ0) is 25.4. The summed E-state index contributed by atoms with van der Waals surface area (Å²) in [5.74, 6) is -1.45. The number of hydrogen-bond acceptors (Lipinski definition) is 9. The number of hydrogen-bond donors (Lipinski definition) is 0. The van der Waals surface area contributed by atoms with Crippen molar-refractivity contribution < 1.29 is 32.3 Å². The van der Waals surface area contributed by atoms with E-state index in [0.717, 1.165) is 11.8 Å². The minimum atomic E-state index is -4.79. The molecule has 0 amide bonds. The Kier molecular flexibility index (Phi) is 8.47. The molecule has 1 aromatic heterocycles. The molecule has 13 heteroatoms. The Morgan fingerprint density at radius 3 is 2.49 bits per heavy atom. The number of alkyl halides is 3. The van der Waals surface area contributed by atoms with Crippen LogP contribution in [0, 0.1) is 0 Å². The molecule has 0 spiro atoms. The predicted octanol–water partition coefficient (Wildman–Crippen LogP) is 4.00. The summed E-state index contributed by atoms with van der Waals surface area (Å²) in [7, 11) is 3.92. The number of benzene rings is 2. The summed E-state index contributed by atoms with van der Waals surface area (Å²) in [5.41, 5.74) is 1.36. The molecule has 184 valence electrons. The molecule has 3 aromatic rings. The van der Waals surface area contributed by atoms with Crippen LogP contribution < -0.4 is 4.74 Å². The van der Waals surface area contributed by atoms with Gasteiger partial charge >= 0.3 is 12.1 Å². The minimum Gasteiger partial charge on any atom is -0.496 e. The third-order valence-corrected chi connectivity index (χ3v) is 5.48. The van der Waals surface area contributed by atoms with Crippen LogP contribution in [0.5, 0.6) is 5.75 Å². The molecule has 0 N–H and O–H groups in total. The molecule has 2 aromatic carbocycles. The highest BCUT2D eigenvalue weighted by molar-refractivity contribution is 7.98. The largest absolute Gasteiger partial charge is 0.496 e. The number of carbonyl (C=O) groups is 1. The van der Waals surface area contributed by atoms with E-state index in [0.29, 0.717) is 27.1 Å². The Bertz CT molecular complexity index is 1240. The Hall–Kier alpha value is -3.87. The number of rotatable bonds is 9. The highest BCUT2D eigenvalue weighted by atomic mass is 32.2. The van der Waals surface area contributed by atoms with Crippen LogP contribution in [0.15, 0.2) is 63.9 Å². The molecule has 0 aliphatic rings. The lowest BCUT2D eigenvalue weighted by atomic mass is 10.0. The summed E-state index contributed by atoms with van der Waals surface area (Å²) >= 11 is 0.948. The van der Waals surface area contributed by atoms with Crippen LogP contribution in [0.3, 0.4) is 0 Å². The van der Waals surface area contributed by atoms with Crippen molar-refractivity contribution in [1.29, 1.82) is 0 Å². The summed E-state index contributed by atoms with van der Waals surface area (Å²) in [6, 6.07) is 13.4. The topological polar surface area (TPSA) is 100 Å². The summed E-state index contributed by atoms with van der Waals surface area (Å²) in [4.78, 5) is 16.9. The van der Waals surface area contributed by atoms with Crippen molar-refractivity contribution in [3.63, 3.8) is 0 Å². The monoisotopic (exact) mass is 507 g/mol. The second kappa shape index (κ2) is 11.5. The Labute approximate surface area is 202 Å². The number of aromatic nitrogens is 3. The average molecular weight is 507 g/mol. The van der Waals surface area contributed by atoms with Gasteiger partial charge in [-0.2, -0.15) is 22.9 Å². The average Bonchev–Trinajstić information content (AvgIpc) is 3.28. The summed E-state index contributed by atoms with van der Waals surface area (Å²) < 4.78 is 51.3. The van der Waals surface area contributed by atoms with E-state index in [4.69, 9.17) is 14.3 Å². The molecule has 0 atom stereocenters. The number of thioether (sulfide) groups is 1. The smallest absolute Gasteiger partial charge is 0.453 e. The lowest BCUT2D eigenvalue weighted by Gasteiger charge is -2.10. The van der Waals surface area contributed by atoms with Crippen molar-refractivity contribution >= 4 is 29.7 Å². The van der Waals surface area contributed by atoms with Crippen molar-refractivity contribution in [3.05, 3.63) is 71.0 Å². The number of halogens is 3. The first kappa shape index (κ1) is 25.7. The first-order valence-corrected chi connectivity index (χ1v) is 10.9. The van der Waals surface area contributed by atoms with E-state index in [1.807, 2.05) is 0 Å². The normalized spacial score (nSPS) is 12.1. The number of methoxy groups -OCH3 is 2. The maximum absolute atomic E-state index is 13.6. The molecule has 9 nitrogen and oxygen atoms in total. The lowest BCUT2D eigenvalue weighted by Crippen LogP contribution is -2.19. The van der Waals surface area contributed by atoms with E-state index >= 15 is 0 Å². The molecule has 3 rings (SSSR count). The Balaban J connectivity index is 1.96. The van der Waals surface area contributed by atoms with Crippen molar-refractivity contribution in [2.45, 2.75) is 17.1 Å². The van der Waals surface area contributed by atoms with Crippen molar-refractivity contribution in [2.75, 3.05) is 21.3 Å². The summed E-state index contributed by atoms with van der Waals surface area (Å²) in [6.45, 7) is 0. The van der Waals surface area contributed by atoms with Gasteiger partial charge in [0.2, 0.25) is 5.16 Å². The fourth-order valence-electron chi connectivity index (χ4n) is 2.93. The predicted molar refractivity (Wildman–Crippen MR) is 123 cm³/mol. The fraction of sp³-hybridized carbons (Fsp3) is 0.227. The van der Waals surface area contributed by atoms with Crippen LogP contribution in [0.25, 0.3) is 0 Å². The second-order valence-electron chi connectivity index (χ2n) is 6.66. The molecule has 0 saturated carbocycles. The minimum absolute atomic E-state index is 0.0853. The van der Waals surface area contributed by atoms with E-state index in [9.17, 15) is 18.0 Å². The van der Waals surface area contributed by atoms with E-state index in [-0.39, 0.29) is 16.6 Å². The standard InChI is InChI=1S/C22H20F3N5O4S/c1-32-17-11-7-5-8-14(17)12-26-30-20(22(23,24)25)27-28-21(30)35-13-15-9-4-6-10-16(15)18(29-34-3)19(31)33-2/h4-12H,13H2,1-3H3/b26-12+,29-18+. The van der Waals surface area contributed by atoms with Gasteiger partial charge in [-0.3, -0.25) is 0 Å². The molecule has 0 bridgehead atoms. The molecule has 0 aliphatic carbocycles. The number of carbonyl (C=O) groups excluding carboxylic acids is 1. The zero-order valence-electron chi connectivity index (χ0n) is 18.8. The maximum Gasteiger partial charge on any atom is 0.453 e. The van der Waals surface area contributed by atoms with E-state index in [1.165, 1.54) is 27.5 Å².